The van der Waals surface area contributed by atoms with E-state index in [1.807, 2.05) is 37.4 Å². The standard InChI is InChI=1S/C13H18ClNO2/c1-15(9-3-8-14)10-11-17-13-6-4-12(16-2)5-7-13/h3-8H,9-11H2,1-2H3/b8-3+. The summed E-state index contributed by atoms with van der Waals surface area (Å²) in [6.45, 7) is 2.34. The normalized spacial score (nSPS) is 11.1. The maximum absolute atomic E-state index is 5.60. The Kier molecular flexibility index (Phi) is 6.51. The van der Waals surface area contributed by atoms with Gasteiger partial charge < -0.3 is 9.47 Å². The minimum atomic E-state index is 0.652. The molecule has 0 saturated carbocycles. The summed E-state index contributed by atoms with van der Waals surface area (Å²) in [6.07, 6.45) is 1.90. The molecule has 0 aromatic heterocycles. The quantitative estimate of drug-likeness (QED) is 0.748. The Hall–Kier alpha value is -1.19. The number of methoxy groups -OCH3 is 1. The van der Waals surface area contributed by atoms with Crippen LogP contribution < -0.4 is 9.47 Å². The van der Waals surface area contributed by atoms with Crippen molar-refractivity contribution >= 4 is 11.6 Å². The second kappa shape index (κ2) is 7.98. The van der Waals surface area contributed by atoms with Crippen molar-refractivity contribution in [3.63, 3.8) is 0 Å². The number of ether oxygens (including phenoxy) is 2. The van der Waals surface area contributed by atoms with Crippen molar-refractivity contribution in [1.82, 2.24) is 4.90 Å². The largest absolute Gasteiger partial charge is 0.497 e. The van der Waals surface area contributed by atoms with Crippen LogP contribution in [0.4, 0.5) is 0 Å². The number of benzene rings is 1. The number of rotatable bonds is 7. The molecule has 0 N–H and O–H groups in total. The Labute approximate surface area is 108 Å². The predicted molar refractivity (Wildman–Crippen MR) is 71.0 cm³/mol. The average Bonchev–Trinajstić information content (AvgIpc) is 2.37. The highest BCUT2D eigenvalue weighted by molar-refractivity contribution is 6.25. The summed E-state index contributed by atoms with van der Waals surface area (Å²) in [4.78, 5) is 2.13. The van der Waals surface area contributed by atoms with Gasteiger partial charge in [-0.25, -0.2) is 0 Å². The lowest BCUT2D eigenvalue weighted by Gasteiger charge is -2.14. The van der Waals surface area contributed by atoms with Gasteiger partial charge in [0.15, 0.2) is 0 Å². The van der Waals surface area contributed by atoms with Crippen LogP contribution >= 0.6 is 11.6 Å². The number of hydrogen-bond donors (Lipinski definition) is 0. The van der Waals surface area contributed by atoms with Crippen LogP contribution in [0.25, 0.3) is 0 Å². The van der Waals surface area contributed by atoms with E-state index in [0.29, 0.717) is 6.61 Å². The van der Waals surface area contributed by atoms with Gasteiger partial charge in [-0.2, -0.15) is 0 Å². The van der Waals surface area contributed by atoms with Gasteiger partial charge in [0.2, 0.25) is 0 Å². The maximum atomic E-state index is 5.60. The molecule has 0 aliphatic heterocycles. The van der Waals surface area contributed by atoms with E-state index in [2.05, 4.69) is 4.90 Å². The highest BCUT2D eigenvalue weighted by Gasteiger charge is 1.97. The predicted octanol–water partition coefficient (Wildman–Crippen LogP) is 2.76. The van der Waals surface area contributed by atoms with E-state index in [1.54, 1.807) is 7.11 Å². The van der Waals surface area contributed by atoms with Crippen molar-refractivity contribution in [2.75, 3.05) is 33.9 Å². The van der Waals surface area contributed by atoms with Crippen LogP contribution in [0, 0.1) is 0 Å². The Balaban J connectivity index is 2.25. The van der Waals surface area contributed by atoms with Gasteiger partial charge in [-0.05, 0) is 31.3 Å². The van der Waals surface area contributed by atoms with Crippen LogP contribution in [-0.4, -0.2) is 38.8 Å². The molecule has 0 amide bonds. The lowest BCUT2D eigenvalue weighted by Crippen LogP contribution is -2.24. The molecule has 0 bridgehead atoms. The minimum Gasteiger partial charge on any atom is -0.497 e. The summed E-state index contributed by atoms with van der Waals surface area (Å²) < 4.78 is 10.7. The van der Waals surface area contributed by atoms with Gasteiger partial charge >= 0.3 is 0 Å². The van der Waals surface area contributed by atoms with E-state index in [9.17, 15) is 0 Å². The van der Waals surface area contributed by atoms with Crippen LogP contribution in [0.2, 0.25) is 0 Å². The molecule has 4 heteroatoms. The molecule has 0 saturated heterocycles. The Morgan fingerprint density at radius 1 is 1.24 bits per heavy atom. The van der Waals surface area contributed by atoms with E-state index in [-0.39, 0.29) is 0 Å². The zero-order chi connectivity index (χ0) is 12.5. The highest BCUT2D eigenvalue weighted by Crippen LogP contribution is 2.16. The second-order valence-corrected chi connectivity index (χ2v) is 3.90. The molecule has 0 heterocycles. The first-order chi connectivity index (χ1) is 8.26. The highest BCUT2D eigenvalue weighted by atomic mass is 35.5. The molecular formula is C13H18ClNO2. The summed E-state index contributed by atoms with van der Waals surface area (Å²) in [5.41, 5.74) is 1.53. The van der Waals surface area contributed by atoms with E-state index in [1.165, 1.54) is 5.54 Å². The summed E-state index contributed by atoms with van der Waals surface area (Å²) in [7, 11) is 3.67. The molecule has 1 aromatic carbocycles. The van der Waals surface area contributed by atoms with Crippen LogP contribution in [0.5, 0.6) is 11.5 Å². The van der Waals surface area contributed by atoms with Crippen molar-refractivity contribution < 1.29 is 9.47 Å². The van der Waals surface area contributed by atoms with Gasteiger partial charge in [0.25, 0.3) is 0 Å². The Bertz CT molecular complexity index is 338. The van der Waals surface area contributed by atoms with Crippen LogP contribution in [0.1, 0.15) is 0 Å². The molecule has 0 atom stereocenters. The van der Waals surface area contributed by atoms with Crippen molar-refractivity contribution in [1.29, 1.82) is 0 Å². The second-order valence-electron chi connectivity index (χ2n) is 3.65. The van der Waals surface area contributed by atoms with Gasteiger partial charge in [-0.3, -0.25) is 4.90 Å². The SMILES string of the molecule is COc1ccc(OCCN(C)C/C=C/Cl)cc1. The van der Waals surface area contributed by atoms with E-state index < -0.39 is 0 Å². The van der Waals surface area contributed by atoms with Gasteiger partial charge in [0.1, 0.15) is 18.1 Å². The van der Waals surface area contributed by atoms with Crippen LogP contribution in [-0.2, 0) is 0 Å². The van der Waals surface area contributed by atoms with Crippen molar-refractivity contribution in [2.45, 2.75) is 0 Å². The third-order valence-electron chi connectivity index (χ3n) is 2.31. The maximum Gasteiger partial charge on any atom is 0.119 e. The first-order valence-electron chi connectivity index (χ1n) is 5.47. The molecule has 17 heavy (non-hydrogen) atoms. The fraction of sp³-hybridized carbons (Fsp3) is 0.385. The number of nitrogens with zero attached hydrogens (tertiary/aromatic N) is 1. The third-order valence-corrected chi connectivity index (χ3v) is 2.49. The van der Waals surface area contributed by atoms with E-state index in [4.69, 9.17) is 21.1 Å². The Morgan fingerprint density at radius 3 is 2.47 bits per heavy atom. The fourth-order valence-electron chi connectivity index (χ4n) is 1.30. The van der Waals surface area contributed by atoms with Crippen molar-refractivity contribution in [3.8, 4) is 11.5 Å². The summed E-state index contributed by atoms with van der Waals surface area (Å²) in [6, 6.07) is 7.57. The third kappa shape index (κ3) is 5.61. The molecule has 0 aliphatic rings. The summed E-state index contributed by atoms with van der Waals surface area (Å²) in [5.74, 6) is 1.69. The van der Waals surface area contributed by atoms with Crippen molar-refractivity contribution in [3.05, 3.63) is 35.9 Å². The molecule has 0 unspecified atom stereocenters. The molecule has 0 aliphatic carbocycles. The number of hydrogen-bond acceptors (Lipinski definition) is 3. The van der Waals surface area contributed by atoms with Gasteiger partial charge in [-0.15, -0.1) is 0 Å². The Morgan fingerprint density at radius 2 is 1.88 bits per heavy atom. The molecule has 0 radical (unpaired) electrons. The van der Waals surface area contributed by atoms with Crippen LogP contribution in [0.3, 0.4) is 0 Å². The topological polar surface area (TPSA) is 21.7 Å². The molecular weight excluding hydrogens is 238 g/mol. The smallest absolute Gasteiger partial charge is 0.119 e. The molecule has 94 valence electrons. The van der Waals surface area contributed by atoms with Crippen molar-refractivity contribution in [2.24, 2.45) is 0 Å². The molecule has 3 nitrogen and oxygen atoms in total. The number of halogens is 1. The van der Waals surface area contributed by atoms with Gasteiger partial charge in [-0.1, -0.05) is 17.7 Å². The fourth-order valence-corrected chi connectivity index (χ4v) is 1.38. The van der Waals surface area contributed by atoms with E-state index in [0.717, 1.165) is 24.6 Å². The van der Waals surface area contributed by atoms with Crippen LogP contribution in [0.15, 0.2) is 35.9 Å². The minimum absolute atomic E-state index is 0.652. The monoisotopic (exact) mass is 255 g/mol. The number of likely N-dealkylation sites (N-methyl/N-ethyl adjacent to an activating group) is 1. The first kappa shape index (κ1) is 13.9. The first-order valence-corrected chi connectivity index (χ1v) is 5.90. The average molecular weight is 256 g/mol. The molecule has 1 rings (SSSR count). The summed E-state index contributed by atoms with van der Waals surface area (Å²) >= 11 is 5.45. The van der Waals surface area contributed by atoms with Gasteiger partial charge in [0.05, 0.1) is 7.11 Å². The van der Waals surface area contributed by atoms with E-state index >= 15 is 0 Å². The lowest BCUT2D eigenvalue weighted by molar-refractivity contribution is 0.249. The molecule has 0 spiro atoms. The molecule has 0 fully saturated rings. The zero-order valence-electron chi connectivity index (χ0n) is 10.2. The lowest BCUT2D eigenvalue weighted by atomic mass is 10.3. The van der Waals surface area contributed by atoms with Gasteiger partial charge in [0, 0.05) is 18.6 Å². The summed E-state index contributed by atoms with van der Waals surface area (Å²) in [5, 5.41) is 0. The molecule has 1 aromatic rings. The zero-order valence-corrected chi connectivity index (χ0v) is 11.0.